The van der Waals surface area contributed by atoms with Crippen molar-refractivity contribution < 1.29 is 18.9 Å². The van der Waals surface area contributed by atoms with E-state index in [2.05, 4.69) is 4.98 Å². The number of rotatable bonds is 11. The van der Waals surface area contributed by atoms with E-state index in [1.54, 1.807) is 13.3 Å². The van der Waals surface area contributed by atoms with E-state index in [9.17, 15) is 0 Å². The number of hydrogen-bond acceptors (Lipinski definition) is 5. The molecule has 1 heterocycles. The first kappa shape index (κ1) is 16.2. The van der Waals surface area contributed by atoms with Gasteiger partial charge in [-0.3, -0.25) is 4.98 Å². The van der Waals surface area contributed by atoms with Crippen LogP contribution in [0.5, 0.6) is 5.75 Å². The summed E-state index contributed by atoms with van der Waals surface area (Å²) in [4.78, 5) is 4.12. The standard InChI is InChI=1S/C13H20ClNO4/c1-16-4-5-17-6-7-18-8-9-19-13-3-2-12(10-14)15-11-13/h2-3,11H,4-10H2,1H3. The van der Waals surface area contributed by atoms with Crippen LogP contribution >= 0.6 is 11.6 Å². The lowest BCUT2D eigenvalue weighted by molar-refractivity contribution is 0.0179. The Bertz CT molecular complexity index is 321. The van der Waals surface area contributed by atoms with E-state index < -0.39 is 0 Å². The van der Waals surface area contributed by atoms with Crippen LogP contribution in [0.4, 0.5) is 0 Å². The van der Waals surface area contributed by atoms with Gasteiger partial charge in [-0.15, -0.1) is 11.6 Å². The predicted molar refractivity (Wildman–Crippen MR) is 72.8 cm³/mol. The molecule has 6 heteroatoms. The van der Waals surface area contributed by atoms with Gasteiger partial charge in [0.15, 0.2) is 0 Å². The van der Waals surface area contributed by atoms with Crippen molar-refractivity contribution in [1.82, 2.24) is 4.98 Å². The number of alkyl halides is 1. The second kappa shape index (κ2) is 11.0. The molecule has 0 amide bonds. The van der Waals surface area contributed by atoms with Gasteiger partial charge in [-0.2, -0.15) is 0 Å². The van der Waals surface area contributed by atoms with Gasteiger partial charge in [0.1, 0.15) is 12.4 Å². The number of nitrogens with zero attached hydrogens (tertiary/aromatic N) is 1. The third-order valence-corrected chi connectivity index (χ3v) is 2.51. The third-order valence-electron chi connectivity index (χ3n) is 2.23. The molecule has 0 aliphatic heterocycles. The van der Waals surface area contributed by atoms with Crippen LogP contribution in [0, 0.1) is 0 Å². The summed E-state index contributed by atoms with van der Waals surface area (Å²) in [6, 6.07) is 3.69. The van der Waals surface area contributed by atoms with Crippen LogP contribution in [-0.2, 0) is 20.1 Å². The van der Waals surface area contributed by atoms with E-state index in [-0.39, 0.29) is 0 Å². The van der Waals surface area contributed by atoms with E-state index in [1.165, 1.54) is 0 Å². The van der Waals surface area contributed by atoms with Gasteiger partial charge in [0.2, 0.25) is 0 Å². The maximum Gasteiger partial charge on any atom is 0.137 e. The minimum Gasteiger partial charge on any atom is -0.490 e. The Kier molecular flexibility index (Phi) is 9.36. The number of halogens is 1. The molecule has 0 N–H and O–H groups in total. The van der Waals surface area contributed by atoms with Gasteiger partial charge in [0.25, 0.3) is 0 Å². The van der Waals surface area contributed by atoms with Gasteiger partial charge in [-0.05, 0) is 12.1 Å². The Morgan fingerprint density at radius 1 is 1.00 bits per heavy atom. The summed E-state index contributed by atoms with van der Waals surface area (Å²) in [6.45, 7) is 3.32. The topological polar surface area (TPSA) is 49.8 Å². The molecule has 1 aromatic rings. The minimum absolute atomic E-state index is 0.409. The van der Waals surface area contributed by atoms with Crippen molar-refractivity contribution in [1.29, 1.82) is 0 Å². The van der Waals surface area contributed by atoms with Crippen LogP contribution in [0.15, 0.2) is 18.3 Å². The van der Waals surface area contributed by atoms with E-state index in [1.807, 2.05) is 12.1 Å². The van der Waals surface area contributed by atoms with Crippen LogP contribution in [0.3, 0.4) is 0 Å². The maximum absolute atomic E-state index is 5.64. The first-order chi connectivity index (χ1) is 9.36. The molecule has 0 aromatic carbocycles. The number of aromatic nitrogens is 1. The summed E-state index contributed by atoms with van der Waals surface area (Å²) >= 11 is 5.64. The Labute approximate surface area is 118 Å². The normalized spacial score (nSPS) is 10.6. The molecule has 0 saturated carbocycles. The summed E-state index contributed by atoms with van der Waals surface area (Å²) in [6.07, 6.45) is 1.66. The fourth-order valence-corrected chi connectivity index (χ4v) is 1.42. The lowest BCUT2D eigenvalue weighted by atomic mass is 10.4. The quantitative estimate of drug-likeness (QED) is 0.460. The number of ether oxygens (including phenoxy) is 4. The Morgan fingerprint density at radius 3 is 2.26 bits per heavy atom. The summed E-state index contributed by atoms with van der Waals surface area (Å²) in [5.41, 5.74) is 0.832. The van der Waals surface area contributed by atoms with Crippen molar-refractivity contribution >= 4 is 11.6 Å². The average molecular weight is 290 g/mol. The molecular weight excluding hydrogens is 270 g/mol. The highest BCUT2D eigenvalue weighted by Crippen LogP contribution is 2.09. The van der Waals surface area contributed by atoms with E-state index in [0.717, 1.165) is 5.69 Å². The van der Waals surface area contributed by atoms with Crippen molar-refractivity contribution in [3.8, 4) is 5.75 Å². The molecule has 1 rings (SSSR count). The van der Waals surface area contributed by atoms with Crippen LogP contribution in [0.25, 0.3) is 0 Å². The predicted octanol–water partition coefficient (Wildman–Crippen LogP) is 1.88. The van der Waals surface area contributed by atoms with Crippen molar-refractivity contribution in [2.45, 2.75) is 5.88 Å². The van der Waals surface area contributed by atoms with Gasteiger partial charge in [-0.1, -0.05) is 0 Å². The van der Waals surface area contributed by atoms with E-state index >= 15 is 0 Å². The molecule has 0 atom stereocenters. The molecule has 1 aromatic heterocycles. The molecular formula is C13H20ClNO4. The lowest BCUT2D eigenvalue weighted by Crippen LogP contribution is -2.12. The molecule has 19 heavy (non-hydrogen) atoms. The second-order valence-corrected chi connectivity index (χ2v) is 3.95. The van der Waals surface area contributed by atoms with Gasteiger partial charge in [0, 0.05) is 7.11 Å². The fraction of sp³-hybridized carbons (Fsp3) is 0.615. The zero-order chi connectivity index (χ0) is 13.8. The summed E-state index contributed by atoms with van der Waals surface area (Å²) in [7, 11) is 1.64. The highest BCUT2D eigenvalue weighted by molar-refractivity contribution is 6.16. The number of methoxy groups -OCH3 is 1. The van der Waals surface area contributed by atoms with Gasteiger partial charge < -0.3 is 18.9 Å². The third kappa shape index (κ3) is 8.00. The molecule has 108 valence electrons. The molecule has 0 radical (unpaired) electrons. The highest BCUT2D eigenvalue weighted by Gasteiger charge is 1.96. The van der Waals surface area contributed by atoms with Crippen LogP contribution in [-0.4, -0.2) is 51.7 Å². The molecule has 0 spiro atoms. The van der Waals surface area contributed by atoms with Gasteiger partial charge >= 0.3 is 0 Å². The lowest BCUT2D eigenvalue weighted by Gasteiger charge is -2.07. The average Bonchev–Trinajstić information content (AvgIpc) is 2.46. The van der Waals surface area contributed by atoms with Gasteiger partial charge in [-0.25, -0.2) is 0 Å². The Balaban J connectivity index is 1.95. The fourth-order valence-electron chi connectivity index (χ4n) is 1.26. The monoisotopic (exact) mass is 289 g/mol. The van der Waals surface area contributed by atoms with Crippen molar-refractivity contribution in [2.24, 2.45) is 0 Å². The molecule has 0 aliphatic rings. The molecule has 0 saturated heterocycles. The van der Waals surface area contributed by atoms with Crippen molar-refractivity contribution in [3.05, 3.63) is 24.0 Å². The Morgan fingerprint density at radius 2 is 1.68 bits per heavy atom. The molecule has 0 fully saturated rings. The van der Waals surface area contributed by atoms with Crippen molar-refractivity contribution in [2.75, 3.05) is 46.8 Å². The van der Waals surface area contributed by atoms with Crippen LogP contribution < -0.4 is 4.74 Å². The number of hydrogen-bond donors (Lipinski definition) is 0. The molecule has 0 aliphatic carbocycles. The maximum atomic E-state index is 5.64. The Hall–Kier alpha value is -0.880. The zero-order valence-corrected chi connectivity index (χ0v) is 11.9. The summed E-state index contributed by atoms with van der Waals surface area (Å²) in [5, 5.41) is 0. The summed E-state index contributed by atoms with van der Waals surface area (Å²) < 4.78 is 20.9. The highest BCUT2D eigenvalue weighted by atomic mass is 35.5. The molecule has 5 nitrogen and oxygen atoms in total. The summed E-state index contributed by atoms with van der Waals surface area (Å²) in [5.74, 6) is 1.13. The minimum atomic E-state index is 0.409. The van der Waals surface area contributed by atoms with E-state index in [0.29, 0.717) is 51.3 Å². The second-order valence-electron chi connectivity index (χ2n) is 3.68. The number of pyridine rings is 1. The van der Waals surface area contributed by atoms with Crippen LogP contribution in [0.2, 0.25) is 0 Å². The zero-order valence-electron chi connectivity index (χ0n) is 11.1. The first-order valence-corrected chi connectivity index (χ1v) is 6.68. The van der Waals surface area contributed by atoms with E-state index in [4.69, 9.17) is 30.5 Å². The smallest absolute Gasteiger partial charge is 0.137 e. The molecule has 0 unspecified atom stereocenters. The largest absolute Gasteiger partial charge is 0.490 e. The first-order valence-electron chi connectivity index (χ1n) is 6.15. The van der Waals surface area contributed by atoms with Gasteiger partial charge in [0.05, 0.1) is 50.8 Å². The van der Waals surface area contributed by atoms with Crippen molar-refractivity contribution in [3.63, 3.8) is 0 Å². The van der Waals surface area contributed by atoms with Crippen LogP contribution in [0.1, 0.15) is 5.69 Å². The SMILES string of the molecule is COCCOCCOCCOc1ccc(CCl)nc1. The molecule has 0 bridgehead atoms.